The molecule has 0 spiro atoms. The van der Waals surface area contributed by atoms with Crippen molar-refractivity contribution in [3.05, 3.63) is 28.2 Å². The van der Waals surface area contributed by atoms with Gasteiger partial charge in [0.15, 0.2) is 0 Å². The van der Waals surface area contributed by atoms with Crippen LogP contribution in [-0.4, -0.2) is 49.9 Å². The molecule has 0 aromatic carbocycles. The molecule has 26 heavy (non-hydrogen) atoms. The molecule has 1 fully saturated rings. The molecule has 144 valence electrons. The topological polar surface area (TPSA) is 104 Å². The molecule has 0 unspecified atom stereocenters. The Kier molecular flexibility index (Phi) is 4.91. The molecule has 2 aliphatic heterocycles. The number of hydrogen-bond donors (Lipinski definition) is 4. The van der Waals surface area contributed by atoms with Crippen LogP contribution >= 0.6 is 15.9 Å². The molecule has 3 heterocycles. The summed E-state index contributed by atoms with van der Waals surface area (Å²) in [5.74, 6) is -1.19. The summed E-state index contributed by atoms with van der Waals surface area (Å²) in [6, 6.07) is 2.47. The van der Waals surface area contributed by atoms with Crippen LogP contribution in [0.1, 0.15) is 25.5 Å². The van der Waals surface area contributed by atoms with Crippen molar-refractivity contribution in [1.29, 1.82) is 0 Å². The van der Waals surface area contributed by atoms with Gasteiger partial charge in [0.25, 0.3) is 0 Å². The molecule has 2 atom stereocenters. The molecule has 2 aliphatic rings. The van der Waals surface area contributed by atoms with Crippen LogP contribution in [0.15, 0.2) is 21.7 Å². The number of carboxylic acid groups (broad SMARTS) is 1. The van der Waals surface area contributed by atoms with Crippen molar-refractivity contribution in [1.82, 2.24) is 15.0 Å². The maximum Gasteiger partial charge on any atom is 0.410 e. The minimum atomic E-state index is -3.35. The second-order valence-corrected chi connectivity index (χ2v) is 10.6. The molecule has 0 aliphatic carbocycles. The maximum atomic E-state index is 14.5. The Morgan fingerprint density at radius 2 is 2.27 bits per heavy atom. The largest absolute Gasteiger partial charge is 0.465 e. The highest BCUT2D eigenvalue weighted by Gasteiger charge is 2.56. The van der Waals surface area contributed by atoms with Gasteiger partial charge in [-0.05, 0) is 57.9 Å². The number of aliphatic imine (C=N–C) groups is 1. The van der Waals surface area contributed by atoms with Crippen LogP contribution < -0.4 is 10.0 Å². The monoisotopic (exact) mass is 452 g/mol. The Labute approximate surface area is 158 Å². The van der Waals surface area contributed by atoms with Gasteiger partial charge in [0, 0.05) is 12.3 Å². The fourth-order valence-electron chi connectivity index (χ4n) is 3.58. The normalized spacial score (nSPS) is 31.5. The first-order valence-electron chi connectivity index (χ1n) is 7.99. The summed E-state index contributed by atoms with van der Waals surface area (Å²) in [6.45, 7) is 0.922. The van der Waals surface area contributed by atoms with Gasteiger partial charge in [-0.3, -0.25) is 19.2 Å². The highest BCUT2D eigenvalue weighted by molar-refractivity contribution is 9.10. The number of rotatable bonds is 2. The molecule has 11 heteroatoms. The van der Waals surface area contributed by atoms with Gasteiger partial charge in [0.2, 0.25) is 0 Å². The Balaban J connectivity index is 2.25. The van der Waals surface area contributed by atoms with Crippen LogP contribution in [0, 0.1) is 5.82 Å². The summed E-state index contributed by atoms with van der Waals surface area (Å²) >= 11 is 3.12. The third-order valence-electron chi connectivity index (χ3n) is 5.02. The van der Waals surface area contributed by atoms with Crippen LogP contribution in [0.3, 0.4) is 0 Å². The Morgan fingerprint density at radius 1 is 1.54 bits per heavy atom. The first-order valence-corrected chi connectivity index (χ1v) is 10.7. The summed E-state index contributed by atoms with van der Waals surface area (Å²) in [5, 5.41) is 11.3. The molecule has 1 amide bonds. The van der Waals surface area contributed by atoms with E-state index in [2.05, 4.69) is 35.9 Å². The van der Waals surface area contributed by atoms with E-state index in [4.69, 9.17) is 0 Å². The lowest BCUT2D eigenvalue weighted by Gasteiger charge is -2.52. The molecule has 1 aromatic rings. The zero-order valence-electron chi connectivity index (χ0n) is 13.9. The Morgan fingerprint density at radius 3 is 2.92 bits per heavy atom. The molecule has 0 radical (unpaired) electrons. The van der Waals surface area contributed by atoms with Crippen LogP contribution in [0.5, 0.6) is 0 Å². The Hall–Kier alpha value is -1.46. The van der Waals surface area contributed by atoms with Crippen LogP contribution in [0.2, 0.25) is 0 Å². The van der Waals surface area contributed by atoms with Gasteiger partial charge < -0.3 is 5.11 Å². The molecule has 0 bridgehead atoms. The van der Waals surface area contributed by atoms with Gasteiger partial charge in [-0.15, -0.1) is 0 Å². The molecular formula is C15H19BrF2N4O3S. The number of hydrogen-bond acceptors (Lipinski definition) is 4. The lowest BCUT2D eigenvalue weighted by atomic mass is 9.95. The van der Waals surface area contributed by atoms with E-state index < -0.39 is 39.0 Å². The number of pyridine rings is 1. The number of alkyl halides is 1. The molecule has 7 nitrogen and oxygen atoms in total. The van der Waals surface area contributed by atoms with Crippen LogP contribution in [0.4, 0.5) is 13.6 Å². The predicted octanol–water partition coefficient (Wildman–Crippen LogP) is 1.90. The molecular weight excluding hydrogens is 434 g/mol. The second kappa shape index (κ2) is 6.61. The third-order valence-corrected chi connectivity index (χ3v) is 9.20. The number of aromatic nitrogens is 1. The second-order valence-electron chi connectivity index (χ2n) is 6.70. The van der Waals surface area contributed by atoms with Crippen molar-refractivity contribution in [2.24, 2.45) is 4.99 Å². The summed E-state index contributed by atoms with van der Waals surface area (Å²) in [6.07, 6.45) is -0.320. The zero-order chi connectivity index (χ0) is 19.2. The smallest absolute Gasteiger partial charge is 0.410 e. The fourth-order valence-corrected chi connectivity index (χ4v) is 7.22. The number of halogens is 3. The number of nitrogens with one attached hydrogen (secondary N) is 2. The number of carbonyl (C=O) groups is 1. The lowest BCUT2D eigenvalue weighted by Crippen LogP contribution is -2.68. The van der Waals surface area contributed by atoms with Gasteiger partial charge in [-0.2, -0.15) is 0 Å². The fraction of sp³-hybridized carbons (Fsp3) is 0.533. The predicted molar refractivity (Wildman–Crippen MR) is 98.2 cm³/mol. The first kappa shape index (κ1) is 19.3. The quantitative estimate of drug-likeness (QED) is 0.406. The van der Waals surface area contributed by atoms with Gasteiger partial charge in [0.1, 0.15) is 34.2 Å². The molecule has 3 N–H and O–H groups in total. The van der Waals surface area contributed by atoms with Gasteiger partial charge >= 0.3 is 6.09 Å². The van der Waals surface area contributed by atoms with Crippen LogP contribution in [0.25, 0.3) is 0 Å². The van der Waals surface area contributed by atoms with E-state index in [-0.39, 0.29) is 21.9 Å². The summed E-state index contributed by atoms with van der Waals surface area (Å²) in [4.78, 5) is 19.5. The summed E-state index contributed by atoms with van der Waals surface area (Å²) in [5.41, 5.74) is -2.17. The number of fused-ring (bicyclic) bond motifs is 1. The standard InChI is InChI=1S/C15H19BrF2N4O3S/c1-14-5-2-6-19-26(14,25)8-15(7-17,22-12(14)21-13(23)24)11-9(18)3-4-10(16)20-11/h3-4,26H,2,5-8H2,1H3,(H,19,25)(H,21,22)(H,23,24)/t14-,15-/m0/s1. The minimum Gasteiger partial charge on any atom is -0.465 e. The number of thiol groups is 1. The van der Waals surface area contributed by atoms with Crippen molar-refractivity contribution >= 4 is 38.0 Å². The summed E-state index contributed by atoms with van der Waals surface area (Å²) in [7, 11) is -3.35. The molecule has 0 saturated carbocycles. The van der Waals surface area contributed by atoms with Gasteiger partial charge in [0.05, 0.1) is 4.75 Å². The third kappa shape index (κ3) is 2.95. The zero-order valence-corrected chi connectivity index (χ0v) is 16.4. The Bertz CT molecular complexity index is 839. The van der Waals surface area contributed by atoms with Crippen molar-refractivity contribution in [2.75, 3.05) is 19.0 Å². The highest BCUT2D eigenvalue weighted by Crippen LogP contribution is 2.44. The molecule has 3 rings (SSSR count). The maximum absolute atomic E-state index is 14.5. The van der Waals surface area contributed by atoms with E-state index >= 15 is 0 Å². The number of amides is 1. The van der Waals surface area contributed by atoms with Crippen LogP contribution in [-0.2, 0) is 15.7 Å². The van der Waals surface area contributed by atoms with Crippen molar-refractivity contribution < 1.29 is 22.9 Å². The lowest BCUT2D eigenvalue weighted by molar-refractivity contribution is 0.199. The van der Waals surface area contributed by atoms with E-state index in [1.807, 2.05) is 0 Å². The minimum absolute atomic E-state index is 0.120. The van der Waals surface area contributed by atoms with Gasteiger partial charge in [-0.1, -0.05) is 0 Å². The average Bonchev–Trinajstić information content (AvgIpc) is 2.57. The van der Waals surface area contributed by atoms with E-state index in [1.165, 1.54) is 6.07 Å². The van der Waals surface area contributed by atoms with E-state index in [0.717, 1.165) is 6.07 Å². The average molecular weight is 453 g/mol. The van der Waals surface area contributed by atoms with Gasteiger partial charge in [-0.25, -0.2) is 18.6 Å². The van der Waals surface area contributed by atoms with Crippen molar-refractivity contribution in [2.45, 2.75) is 30.1 Å². The van der Waals surface area contributed by atoms with E-state index in [9.17, 15) is 22.9 Å². The summed E-state index contributed by atoms with van der Waals surface area (Å²) < 4.78 is 44.5. The van der Waals surface area contributed by atoms with E-state index in [1.54, 1.807) is 6.92 Å². The first-order chi connectivity index (χ1) is 12.2. The number of nitrogens with zero attached hydrogens (tertiary/aromatic N) is 2. The molecule has 1 aromatic heterocycles. The highest BCUT2D eigenvalue weighted by atomic mass is 79.9. The number of amidine groups is 1. The molecule has 1 saturated heterocycles. The van der Waals surface area contributed by atoms with E-state index in [0.29, 0.717) is 19.4 Å². The van der Waals surface area contributed by atoms with Crippen molar-refractivity contribution in [3.8, 4) is 0 Å². The SMILES string of the molecule is C[C@@]12CCCN[SH]1(=O)C[C@@](CF)(c1nc(Br)ccc1F)N=C2NC(=O)O. The van der Waals surface area contributed by atoms with Crippen molar-refractivity contribution in [3.63, 3.8) is 0 Å².